The van der Waals surface area contributed by atoms with Gasteiger partial charge in [0.15, 0.2) is 16.0 Å². The van der Waals surface area contributed by atoms with E-state index in [-0.39, 0.29) is 0 Å². The third-order valence-corrected chi connectivity index (χ3v) is 2.31. The van der Waals surface area contributed by atoms with E-state index >= 15 is 0 Å². The van der Waals surface area contributed by atoms with Crippen LogP contribution in [-0.4, -0.2) is 20.3 Å². The molecule has 1 aliphatic rings. The topological polar surface area (TPSA) is 34.1 Å². The minimum atomic E-state index is -3.56. The van der Waals surface area contributed by atoms with Gasteiger partial charge in [-0.05, 0) is 0 Å². The van der Waals surface area contributed by atoms with Crippen molar-refractivity contribution >= 4 is 9.84 Å². The van der Waals surface area contributed by atoms with Gasteiger partial charge >= 0.3 is 0 Å². The molecule has 0 aromatic rings. The molecule has 0 fully saturated rings. The second-order valence-corrected chi connectivity index (χ2v) is 3.69. The molecule has 0 saturated carbocycles. The Balaban J connectivity index is 3.01. The van der Waals surface area contributed by atoms with E-state index < -0.39 is 27.6 Å². The van der Waals surface area contributed by atoms with Crippen LogP contribution in [0.15, 0.2) is 11.2 Å². The summed E-state index contributed by atoms with van der Waals surface area (Å²) in [6.07, 6.45) is -1.94. The fourth-order valence-electron chi connectivity index (χ4n) is 0.577. The Morgan fingerprint density at radius 1 is 1.67 bits per heavy atom. The highest BCUT2D eigenvalue weighted by Crippen LogP contribution is 2.20. The zero-order chi connectivity index (χ0) is 7.07. The zero-order valence-electron chi connectivity index (χ0n) is 4.34. The van der Waals surface area contributed by atoms with E-state index in [0.29, 0.717) is 5.41 Å². The molecule has 0 radical (unpaired) electrons. The molecule has 0 aromatic heterocycles. The molecule has 1 unspecified atom stereocenters. The molecule has 5 heteroatoms. The van der Waals surface area contributed by atoms with Gasteiger partial charge in [-0.15, -0.1) is 0 Å². The number of hydrogen-bond acceptors (Lipinski definition) is 2. The Morgan fingerprint density at radius 3 is 2.33 bits per heavy atom. The van der Waals surface area contributed by atoms with Gasteiger partial charge in [-0.1, -0.05) is 0 Å². The van der Waals surface area contributed by atoms with E-state index in [1.165, 1.54) is 0 Å². The molecular weight excluding hydrogens is 150 g/mol. The third-order valence-electron chi connectivity index (χ3n) is 0.970. The maximum absolute atomic E-state index is 12.0. The van der Waals surface area contributed by atoms with Crippen molar-refractivity contribution in [3.05, 3.63) is 11.2 Å². The summed E-state index contributed by atoms with van der Waals surface area (Å²) in [5, 5.41) is 0.331. The lowest BCUT2D eigenvalue weighted by atomic mass is 10.4. The third kappa shape index (κ3) is 1.27. The van der Waals surface area contributed by atoms with Gasteiger partial charge in [-0.25, -0.2) is 17.2 Å². The van der Waals surface area contributed by atoms with Crippen molar-refractivity contribution in [3.63, 3.8) is 0 Å². The molecule has 0 amide bonds. The Kier molecular flexibility index (Phi) is 1.31. The minimum Gasteiger partial charge on any atom is -0.239 e. The summed E-state index contributed by atoms with van der Waals surface area (Å²) in [4.78, 5) is 0. The predicted molar refractivity (Wildman–Crippen MR) is 27.9 cm³/mol. The lowest BCUT2D eigenvalue weighted by Gasteiger charge is -1.89. The first-order chi connectivity index (χ1) is 4.01. The van der Waals surface area contributed by atoms with Crippen molar-refractivity contribution in [1.29, 1.82) is 0 Å². The van der Waals surface area contributed by atoms with Gasteiger partial charge in [0.25, 0.3) is 0 Å². The van der Waals surface area contributed by atoms with E-state index in [1.54, 1.807) is 0 Å². The average molecular weight is 154 g/mol. The number of hydrogen-bond donors (Lipinski definition) is 0. The molecule has 1 aliphatic heterocycles. The molecule has 9 heavy (non-hydrogen) atoms. The summed E-state index contributed by atoms with van der Waals surface area (Å²) in [7, 11) is -3.56. The highest BCUT2D eigenvalue weighted by Gasteiger charge is 2.29. The molecule has 0 spiro atoms. The minimum absolute atomic E-state index is 0.331. The van der Waals surface area contributed by atoms with Crippen LogP contribution < -0.4 is 0 Å². The number of halogens is 2. The first kappa shape index (κ1) is 6.67. The number of rotatable bonds is 0. The summed E-state index contributed by atoms with van der Waals surface area (Å²) < 4.78 is 44.5. The van der Waals surface area contributed by atoms with Gasteiger partial charge < -0.3 is 0 Å². The van der Waals surface area contributed by atoms with Crippen LogP contribution in [0.4, 0.5) is 8.78 Å². The molecule has 2 nitrogen and oxygen atoms in total. The largest absolute Gasteiger partial charge is 0.239 e. The highest BCUT2D eigenvalue weighted by atomic mass is 32.2. The smallest absolute Gasteiger partial charge is 0.177 e. The Hall–Kier alpha value is -0.450. The van der Waals surface area contributed by atoms with E-state index in [4.69, 9.17) is 0 Å². The molecule has 0 saturated heterocycles. The molecule has 52 valence electrons. The summed E-state index contributed by atoms with van der Waals surface area (Å²) in [5.41, 5.74) is 0. The SMILES string of the molecule is O=S1(=O)C=C(F)C(F)C1. The molecule has 1 atom stereocenters. The number of alkyl halides is 1. The fourth-order valence-corrected chi connectivity index (χ4v) is 1.73. The maximum atomic E-state index is 12.0. The summed E-state index contributed by atoms with van der Waals surface area (Å²) in [6, 6.07) is 0. The van der Waals surface area contributed by atoms with E-state index in [9.17, 15) is 17.2 Å². The molecular formula is C4H4F2O2S. The van der Waals surface area contributed by atoms with Crippen LogP contribution >= 0.6 is 0 Å². The lowest BCUT2D eigenvalue weighted by molar-refractivity contribution is 0.359. The monoisotopic (exact) mass is 154 g/mol. The second-order valence-electron chi connectivity index (χ2n) is 1.80. The van der Waals surface area contributed by atoms with Crippen LogP contribution in [0.25, 0.3) is 0 Å². The standard InChI is InChI=1S/C4H4F2O2S/c5-3-1-9(7,8)2-4(3)6/h1,4H,2H2. The Morgan fingerprint density at radius 2 is 2.22 bits per heavy atom. The van der Waals surface area contributed by atoms with Crippen LogP contribution in [0, 0.1) is 0 Å². The van der Waals surface area contributed by atoms with Crippen LogP contribution in [0.3, 0.4) is 0 Å². The lowest BCUT2D eigenvalue weighted by Crippen LogP contribution is -2.05. The van der Waals surface area contributed by atoms with Crippen molar-refractivity contribution in [2.45, 2.75) is 6.17 Å². The predicted octanol–water partition coefficient (Wildman–Crippen LogP) is 0.564. The summed E-state index contributed by atoms with van der Waals surface area (Å²) in [5.74, 6) is -1.92. The molecule has 0 aromatic carbocycles. The highest BCUT2D eigenvalue weighted by molar-refractivity contribution is 7.94. The van der Waals surface area contributed by atoms with Gasteiger partial charge in [0.2, 0.25) is 0 Å². The Labute approximate surface area is 51.1 Å². The van der Waals surface area contributed by atoms with Crippen molar-refractivity contribution in [2.75, 3.05) is 5.75 Å². The average Bonchev–Trinajstić information content (AvgIpc) is 1.79. The first-order valence-electron chi connectivity index (χ1n) is 2.25. The van der Waals surface area contributed by atoms with Crippen molar-refractivity contribution in [3.8, 4) is 0 Å². The second kappa shape index (κ2) is 1.76. The normalized spacial score (nSPS) is 32.2. The zero-order valence-corrected chi connectivity index (χ0v) is 5.16. The van der Waals surface area contributed by atoms with Crippen molar-refractivity contribution < 1.29 is 17.2 Å². The van der Waals surface area contributed by atoms with Crippen LogP contribution in [0.1, 0.15) is 0 Å². The summed E-state index contributed by atoms with van der Waals surface area (Å²) >= 11 is 0. The molecule has 0 aliphatic carbocycles. The van der Waals surface area contributed by atoms with E-state index in [0.717, 1.165) is 0 Å². The van der Waals surface area contributed by atoms with Crippen LogP contribution in [0.5, 0.6) is 0 Å². The van der Waals surface area contributed by atoms with Gasteiger partial charge in [0, 0.05) is 0 Å². The molecule has 1 heterocycles. The maximum Gasteiger partial charge on any atom is 0.177 e. The fraction of sp³-hybridized carbons (Fsp3) is 0.500. The summed E-state index contributed by atoms with van der Waals surface area (Å²) in [6.45, 7) is 0. The molecule has 0 bridgehead atoms. The van der Waals surface area contributed by atoms with E-state index in [1.807, 2.05) is 0 Å². The number of sulfone groups is 1. The number of allylic oxidation sites excluding steroid dienone is 1. The van der Waals surface area contributed by atoms with Gasteiger partial charge in [0.1, 0.15) is 5.83 Å². The van der Waals surface area contributed by atoms with Gasteiger partial charge in [0.05, 0.1) is 11.2 Å². The van der Waals surface area contributed by atoms with Gasteiger partial charge in [-0.3, -0.25) is 0 Å². The van der Waals surface area contributed by atoms with Crippen LogP contribution in [-0.2, 0) is 9.84 Å². The van der Waals surface area contributed by atoms with Crippen molar-refractivity contribution in [1.82, 2.24) is 0 Å². The first-order valence-corrected chi connectivity index (χ1v) is 3.97. The van der Waals surface area contributed by atoms with Crippen LogP contribution in [0.2, 0.25) is 0 Å². The molecule has 0 N–H and O–H groups in total. The van der Waals surface area contributed by atoms with Crippen molar-refractivity contribution in [2.24, 2.45) is 0 Å². The van der Waals surface area contributed by atoms with E-state index in [2.05, 4.69) is 0 Å². The molecule has 1 rings (SSSR count). The Bertz CT molecular complexity index is 241. The van der Waals surface area contributed by atoms with Gasteiger partial charge in [-0.2, -0.15) is 0 Å². The quantitative estimate of drug-likeness (QED) is 0.511.